The molecule has 2 aromatic rings. The number of hydrogen-bond acceptors (Lipinski definition) is 4. The molecule has 0 aliphatic heterocycles. The Morgan fingerprint density at radius 1 is 1.38 bits per heavy atom. The van der Waals surface area contributed by atoms with Gasteiger partial charge in [-0.25, -0.2) is 13.1 Å². The van der Waals surface area contributed by atoms with Crippen LogP contribution < -0.4 is 4.72 Å². The average Bonchev–Trinajstić information content (AvgIpc) is 2.93. The number of aliphatic hydroxyl groups is 1. The largest absolute Gasteiger partial charge is 0.392 e. The third-order valence-corrected chi connectivity index (χ3v) is 5.88. The molecule has 0 unspecified atom stereocenters. The van der Waals surface area contributed by atoms with Gasteiger partial charge in [0.1, 0.15) is 0 Å². The predicted octanol–water partition coefficient (Wildman–Crippen LogP) is 2.72. The van der Waals surface area contributed by atoms with Crippen molar-refractivity contribution in [3.8, 4) is 0 Å². The van der Waals surface area contributed by atoms with Gasteiger partial charge < -0.3 is 5.11 Å². The maximum atomic E-state index is 12.4. The SMILES string of the molecule is Cc1c(CO)cc(Cl)cc1S(=O)(=O)NCCc1cccs1. The van der Waals surface area contributed by atoms with Crippen LogP contribution in [0.2, 0.25) is 5.02 Å². The normalized spacial score (nSPS) is 11.8. The van der Waals surface area contributed by atoms with Gasteiger partial charge in [-0.1, -0.05) is 17.7 Å². The van der Waals surface area contributed by atoms with E-state index in [0.29, 0.717) is 29.1 Å². The van der Waals surface area contributed by atoms with Crippen molar-refractivity contribution >= 4 is 33.0 Å². The van der Waals surface area contributed by atoms with Crippen LogP contribution in [-0.2, 0) is 23.1 Å². The van der Waals surface area contributed by atoms with Gasteiger partial charge in [-0.3, -0.25) is 0 Å². The standard InChI is InChI=1S/C14H16ClNO3S2/c1-10-11(9-17)7-12(15)8-14(10)21(18,19)16-5-4-13-3-2-6-20-13/h2-3,6-8,16-17H,4-5,9H2,1H3. The lowest BCUT2D eigenvalue weighted by molar-refractivity contribution is 0.280. The molecular weight excluding hydrogens is 330 g/mol. The maximum absolute atomic E-state index is 12.4. The summed E-state index contributed by atoms with van der Waals surface area (Å²) in [5.74, 6) is 0. The van der Waals surface area contributed by atoms with E-state index in [1.807, 2.05) is 17.5 Å². The van der Waals surface area contributed by atoms with Gasteiger partial charge in [-0.2, -0.15) is 0 Å². The first-order chi connectivity index (χ1) is 9.94. The summed E-state index contributed by atoms with van der Waals surface area (Å²) in [7, 11) is -3.64. The van der Waals surface area contributed by atoms with Crippen molar-refractivity contribution in [1.29, 1.82) is 0 Å². The van der Waals surface area contributed by atoms with Crippen LogP contribution in [0.1, 0.15) is 16.0 Å². The van der Waals surface area contributed by atoms with Crippen LogP contribution in [-0.4, -0.2) is 20.1 Å². The molecule has 0 bridgehead atoms. The summed E-state index contributed by atoms with van der Waals surface area (Å²) >= 11 is 7.51. The predicted molar refractivity (Wildman–Crippen MR) is 85.3 cm³/mol. The number of rotatable bonds is 6. The lowest BCUT2D eigenvalue weighted by Crippen LogP contribution is -2.26. The summed E-state index contributed by atoms with van der Waals surface area (Å²) in [6.07, 6.45) is 0.642. The van der Waals surface area contributed by atoms with E-state index in [2.05, 4.69) is 4.72 Å². The van der Waals surface area contributed by atoms with Crippen molar-refractivity contribution in [1.82, 2.24) is 4.72 Å². The number of nitrogens with one attached hydrogen (secondary N) is 1. The quantitative estimate of drug-likeness (QED) is 0.846. The lowest BCUT2D eigenvalue weighted by Gasteiger charge is -2.12. The van der Waals surface area contributed by atoms with Crippen LogP contribution in [0.5, 0.6) is 0 Å². The molecule has 1 aromatic carbocycles. The molecule has 21 heavy (non-hydrogen) atoms. The molecule has 0 fully saturated rings. The van der Waals surface area contributed by atoms with Gasteiger partial charge in [0.05, 0.1) is 11.5 Å². The van der Waals surface area contributed by atoms with Crippen LogP contribution >= 0.6 is 22.9 Å². The molecule has 0 amide bonds. The van der Waals surface area contributed by atoms with E-state index in [4.69, 9.17) is 11.6 Å². The molecule has 0 saturated heterocycles. The highest BCUT2D eigenvalue weighted by Gasteiger charge is 2.19. The maximum Gasteiger partial charge on any atom is 0.240 e. The van der Waals surface area contributed by atoms with E-state index in [9.17, 15) is 13.5 Å². The zero-order valence-corrected chi connectivity index (χ0v) is 13.9. The Labute approximate surface area is 133 Å². The second-order valence-electron chi connectivity index (χ2n) is 4.57. The molecule has 1 aromatic heterocycles. The molecule has 2 N–H and O–H groups in total. The number of thiophene rings is 1. The molecule has 4 nitrogen and oxygen atoms in total. The lowest BCUT2D eigenvalue weighted by atomic mass is 10.1. The summed E-state index contributed by atoms with van der Waals surface area (Å²) in [6, 6.07) is 6.88. The Bertz CT molecular complexity index is 712. The van der Waals surface area contributed by atoms with E-state index >= 15 is 0 Å². The highest BCUT2D eigenvalue weighted by atomic mass is 35.5. The molecule has 0 radical (unpaired) electrons. The summed E-state index contributed by atoms with van der Waals surface area (Å²) in [4.78, 5) is 1.24. The van der Waals surface area contributed by atoms with Crippen molar-refractivity contribution in [2.24, 2.45) is 0 Å². The third kappa shape index (κ3) is 4.05. The van der Waals surface area contributed by atoms with Crippen molar-refractivity contribution in [3.05, 3.63) is 50.7 Å². The van der Waals surface area contributed by atoms with Gasteiger partial charge in [0, 0.05) is 16.4 Å². The average molecular weight is 346 g/mol. The number of sulfonamides is 1. The van der Waals surface area contributed by atoms with Crippen LogP contribution in [0.15, 0.2) is 34.5 Å². The second kappa shape index (κ2) is 6.89. The Kier molecular flexibility index (Phi) is 5.40. The molecule has 0 spiro atoms. The summed E-state index contributed by atoms with van der Waals surface area (Å²) in [5, 5.41) is 11.5. The minimum absolute atomic E-state index is 0.116. The van der Waals surface area contributed by atoms with E-state index in [0.717, 1.165) is 4.88 Å². The monoisotopic (exact) mass is 345 g/mol. The van der Waals surface area contributed by atoms with E-state index in [1.54, 1.807) is 24.3 Å². The van der Waals surface area contributed by atoms with E-state index in [-0.39, 0.29) is 11.5 Å². The summed E-state index contributed by atoms with van der Waals surface area (Å²) < 4.78 is 27.3. The molecule has 114 valence electrons. The zero-order chi connectivity index (χ0) is 15.5. The summed E-state index contributed by atoms with van der Waals surface area (Å²) in [6.45, 7) is 1.74. The molecule has 0 aliphatic rings. The Morgan fingerprint density at radius 2 is 2.14 bits per heavy atom. The van der Waals surface area contributed by atoms with Gasteiger partial charge in [0.25, 0.3) is 0 Å². The minimum atomic E-state index is -3.64. The highest BCUT2D eigenvalue weighted by molar-refractivity contribution is 7.89. The highest BCUT2D eigenvalue weighted by Crippen LogP contribution is 2.24. The topological polar surface area (TPSA) is 66.4 Å². The van der Waals surface area contributed by atoms with E-state index in [1.165, 1.54) is 6.07 Å². The molecule has 2 rings (SSSR count). The van der Waals surface area contributed by atoms with Crippen molar-refractivity contribution in [2.75, 3.05) is 6.54 Å². The van der Waals surface area contributed by atoms with Crippen molar-refractivity contribution in [2.45, 2.75) is 24.8 Å². The minimum Gasteiger partial charge on any atom is -0.392 e. The van der Waals surface area contributed by atoms with Gasteiger partial charge in [-0.15, -0.1) is 11.3 Å². The van der Waals surface area contributed by atoms with Gasteiger partial charge >= 0.3 is 0 Å². The Hall–Kier alpha value is -0.920. The number of aliphatic hydroxyl groups excluding tert-OH is 1. The molecule has 7 heteroatoms. The fourth-order valence-corrected chi connectivity index (χ4v) is 4.35. The smallest absolute Gasteiger partial charge is 0.240 e. The number of benzene rings is 1. The molecular formula is C14H16ClNO3S2. The first-order valence-corrected chi connectivity index (χ1v) is 9.10. The van der Waals surface area contributed by atoms with Crippen molar-refractivity contribution in [3.63, 3.8) is 0 Å². The fraction of sp³-hybridized carbons (Fsp3) is 0.286. The van der Waals surface area contributed by atoms with Gasteiger partial charge in [0.2, 0.25) is 10.0 Å². The van der Waals surface area contributed by atoms with E-state index < -0.39 is 10.0 Å². The number of halogens is 1. The zero-order valence-electron chi connectivity index (χ0n) is 11.5. The Morgan fingerprint density at radius 3 is 2.76 bits per heavy atom. The number of hydrogen-bond donors (Lipinski definition) is 2. The van der Waals surface area contributed by atoms with Crippen molar-refractivity contribution < 1.29 is 13.5 Å². The first-order valence-electron chi connectivity index (χ1n) is 6.36. The fourth-order valence-electron chi connectivity index (χ4n) is 1.99. The van der Waals surface area contributed by atoms with Crippen LogP contribution in [0.4, 0.5) is 0 Å². The van der Waals surface area contributed by atoms with Crippen LogP contribution in [0, 0.1) is 6.92 Å². The van der Waals surface area contributed by atoms with Gasteiger partial charge in [0.15, 0.2) is 0 Å². The Balaban J connectivity index is 2.17. The second-order valence-corrected chi connectivity index (χ2v) is 7.78. The van der Waals surface area contributed by atoms with Gasteiger partial charge in [-0.05, 0) is 48.1 Å². The molecule has 1 heterocycles. The molecule has 0 saturated carbocycles. The summed E-state index contributed by atoms with van der Waals surface area (Å²) in [5.41, 5.74) is 1.03. The first kappa shape index (κ1) is 16.5. The molecule has 0 atom stereocenters. The third-order valence-electron chi connectivity index (χ3n) is 3.14. The van der Waals surface area contributed by atoms with Crippen LogP contribution in [0.3, 0.4) is 0 Å². The van der Waals surface area contributed by atoms with Crippen LogP contribution in [0.25, 0.3) is 0 Å². The molecule has 0 aliphatic carbocycles.